The van der Waals surface area contributed by atoms with E-state index in [0.717, 1.165) is 19.3 Å². The third-order valence-corrected chi connectivity index (χ3v) is 4.48. The minimum Gasteiger partial charge on any atom is -0.294 e. The number of benzene rings is 2. The summed E-state index contributed by atoms with van der Waals surface area (Å²) in [5.41, 5.74) is 2.56. The van der Waals surface area contributed by atoms with Gasteiger partial charge < -0.3 is 0 Å². The zero-order valence-corrected chi connectivity index (χ0v) is 12.4. The summed E-state index contributed by atoms with van der Waals surface area (Å²) in [7, 11) is 0. The van der Waals surface area contributed by atoms with Crippen LogP contribution >= 0.6 is 11.6 Å². The lowest BCUT2D eigenvalue weighted by Crippen LogP contribution is -2.15. The van der Waals surface area contributed by atoms with Crippen LogP contribution in [0.2, 0.25) is 5.02 Å². The number of fused-ring (bicyclic) bond motifs is 1. The van der Waals surface area contributed by atoms with Gasteiger partial charge in [-0.1, -0.05) is 41.9 Å². The lowest BCUT2D eigenvalue weighted by molar-refractivity contribution is 0.0967. The number of aryl methyl sites for hydroxylation is 1. The molecule has 0 aromatic heterocycles. The first-order valence-corrected chi connectivity index (χ1v) is 7.59. The second-order valence-electron chi connectivity index (χ2n) is 5.51. The fourth-order valence-electron chi connectivity index (χ4n) is 3.16. The van der Waals surface area contributed by atoms with E-state index in [4.69, 9.17) is 11.6 Å². The summed E-state index contributed by atoms with van der Waals surface area (Å²) in [5, 5.41) is 0.198. The van der Waals surface area contributed by atoms with Gasteiger partial charge in [-0.05, 0) is 48.4 Å². The normalized spacial score (nSPS) is 17.3. The summed E-state index contributed by atoms with van der Waals surface area (Å²) in [6.07, 6.45) is 3.41. The standard InChI is InChI=1S/C18H16ClFO/c19-15-9-4-10-16(20)18(15)17(21)11-13-7-3-6-12-5-1-2-8-14(12)13/h1-2,4-5,8-10,13H,3,6-7,11H2. The molecular weight excluding hydrogens is 287 g/mol. The molecule has 3 heteroatoms. The predicted molar refractivity (Wildman–Crippen MR) is 82.5 cm³/mol. The van der Waals surface area contributed by atoms with Gasteiger partial charge in [-0.15, -0.1) is 0 Å². The second-order valence-corrected chi connectivity index (χ2v) is 5.92. The van der Waals surface area contributed by atoms with E-state index in [1.54, 1.807) is 6.07 Å². The van der Waals surface area contributed by atoms with Crippen molar-refractivity contribution < 1.29 is 9.18 Å². The van der Waals surface area contributed by atoms with Crippen LogP contribution in [0.15, 0.2) is 42.5 Å². The van der Waals surface area contributed by atoms with Crippen molar-refractivity contribution in [3.63, 3.8) is 0 Å². The van der Waals surface area contributed by atoms with Gasteiger partial charge in [-0.2, -0.15) is 0 Å². The van der Waals surface area contributed by atoms with Gasteiger partial charge in [0.1, 0.15) is 5.82 Å². The van der Waals surface area contributed by atoms with Crippen molar-refractivity contribution in [2.45, 2.75) is 31.6 Å². The summed E-state index contributed by atoms with van der Waals surface area (Å²) in [6, 6.07) is 12.6. The first kappa shape index (κ1) is 14.3. The highest BCUT2D eigenvalue weighted by molar-refractivity contribution is 6.34. The van der Waals surface area contributed by atoms with E-state index in [9.17, 15) is 9.18 Å². The largest absolute Gasteiger partial charge is 0.294 e. The molecule has 1 nitrogen and oxygen atoms in total. The molecule has 0 bridgehead atoms. The van der Waals surface area contributed by atoms with E-state index in [1.807, 2.05) is 12.1 Å². The fourth-order valence-corrected chi connectivity index (χ4v) is 3.43. The Morgan fingerprint density at radius 1 is 1.19 bits per heavy atom. The smallest absolute Gasteiger partial charge is 0.167 e. The molecule has 0 saturated heterocycles. The van der Waals surface area contributed by atoms with E-state index in [1.165, 1.54) is 23.3 Å². The molecule has 0 amide bonds. The lowest BCUT2D eigenvalue weighted by atomic mass is 9.79. The van der Waals surface area contributed by atoms with E-state index in [2.05, 4.69) is 12.1 Å². The first-order valence-electron chi connectivity index (χ1n) is 7.22. The number of hydrogen-bond donors (Lipinski definition) is 0. The Morgan fingerprint density at radius 3 is 2.81 bits per heavy atom. The van der Waals surface area contributed by atoms with Gasteiger partial charge in [-0.3, -0.25) is 4.79 Å². The van der Waals surface area contributed by atoms with Gasteiger partial charge in [-0.25, -0.2) is 4.39 Å². The summed E-state index contributed by atoms with van der Waals surface area (Å²) in [6.45, 7) is 0. The van der Waals surface area contributed by atoms with Crippen LogP contribution in [0.1, 0.15) is 46.7 Å². The van der Waals surface area contributed by atoms with Crippen LogP contribution in [0.25, 0.3) is 0 Å². The molecule has 0 N–H and O–H groups in total. The highest BCUT2D eigenvalue weighted by atomic mass is 35.5. The molecule has 0 heterocycles. The molecule has 108 valence electrons. The first-order chi connectivity index (χ1) is 10.2. The minimum atomic E-state index is -0.531. The number of rotatable bonds is 3. The third kappa shape index (κ3) is 2.86. The van der Waals surface area contributed by atoms with Crippen LogP contribution in [0.3, 0.4) is 0 Å². The van der Waals surface area contributed by atoms with Crippen molar-refractivity contribution in [1.29, 1.82) is 0 Å². The maximum atomic E-state index is 13.8. The predicted octanol–water partition coefficient (Wildman–Crippen LogP) is 5.17. The second kappa shape index (κ2) is 5.98. The van der Waals surface area contributed by atoms with Crippen LogP contribution in [-0.2, 0) is 6.42 Å². The molecule has 21 heavy (non-hydrogen) atoms. The quantitative estimate of drug-likeness (QED) is 0.715. The Labute approximate surface area is 128 Å². The maximum Gasteiger partial charge on any atom is 0.167 e. The SMILES string of the molecule is O=C(CC1CCCc2ccccc21)c1c(F)cccc1Cl. The Morgan fingerprint density at radius 2 is 2.00 bits per heavy atom. The fraction of sp³-hybridized carbons (Fsp3) is 0.278. The van der Waals surface area contributed by atoms with Crippen LogP contribution in [0.5, 0.6) is 0 Å². The molecule has 0 aliphatic heterocycles. The third-order valence-electron chi connectivity index (χ3n) is 4.17. The molecule has 1 aliphatic carbocycles. The van der Waals surface area contributed by atoms with E-state index >= 15 is 0 Å². The Kier molecular flexibility index (Phi) is 4.07. The number of Topliss-reactive ketones (excluding diaryl/α,β-unsaturated/α-hetero) is 1. The average Bonchev–Trinajstić information content (AvgIpc) is 2.47. The van der Waals surface area contributed by atoms with Crippen molar-refractivity contribution in [3.05, 3.63) is 70.0 Å². The van der Waals surface area contributed by atoms with E-state index in [-0.39, 0.29) is 22.3 Å². The van der Waals surface area contributed by atoms with Crippen molar-refractivity contribution in [2.24, 2.45) is 0 Å². The molecule has 2 aromatic rings. The van der Waals surface area contributed by atoms with Crippen molar-refractivity contribution in [3.8, 4) is 0 Å². The average molecular weight is 303 g/mol. The summed E-state index contributed by atoms with van der Waals surface area (Å²) in [5.74, 6) is -0.575. The Balaban J connectivity index is 1.86. The van der Waals surface area contributed by atoms with Crippen LogP contribution < -0.4 is 0 Å². The number of carbonyl (C=O) groups is 1. The molecule has 0 fully saturated rings. The van der Waals surface area contributed by atoms with Gasteiger partial charge >= 0.3 is 0 Å². The van der Waals surface area contributed by atoms with Gasteiger partial charge in [0.2, 0.25) is 0 Å². The molecule has 1 unspecified atom stereocenters. The van der Waals surface area contributed by atoms with Gasteiger partial charge in [0.25, 0.3) is 0 Å². The van der Waals surface area contributed by atoms with Gasteiger partial charge in [0.15, 0.2) is 5.78 Å². The summed E-state index contributed by atoms with van der Waals surface area (Å²) < 4.78 is 13.8. The zero-order chi connectivity index (χ0) is 14.8. The summed E-state index contributed by atoms with van der Waals surface area (Å²) in [4.78, 5) is 12.4. The van der Waals surface area contributed by atoms with Gasteiger partial charge in [0, 0.05) is 6.42 Å². The molecule has 1 aliphatic rings. The molecule has 2 aromatic carbocycles. The van der Waals surface area contributed by atoms with Crippen molar-refractivity contribution in [1.82, 2.24) is 0 Å². The molecule has 0 radical (unpaired) electrons. The maximum absolute atomic E-state index is 13.8. The van der Waals surface area contributed by atoms with E-state index < -0.39 is 5.82 Å². The topological polar surface area (TPSA) is 17.1 Å². The number of halogens is 2. The number of ketones is 1. The monoisotopic (exact) mass is 302 g/mol. The molecule has 0 spiro atoms. The highest BCUT2D eigenvalue weighted by Crippen LogP contribution is 2.35. The highest BCUT2D eigenvalue weighted by Gasteiger charge is 2.25. The van der Waals surface area contributed by atoms with Crippen molar-refractivity contribution in [2.75, 3.05) is 0 Å². The Bertz CT molecular complexity index is 660. The van der Waals surface area contributed by atoms with Crippen LogP contribution in [-0.4, -0.2) is 5.78 Å². The van der Waals surface area contributed by atoms with Gasteiger partial charge in [0.05, 0.1) is 10.6 Å². The Hall–Kier alpha value is -1.67. The zero-order valence-electron chi connectivity index (χ0n) is 11.6. The molecule has 1 atom stereocenters. The van der Waals surface area contributed by atoms with Crippen LogP contribution in [0, 0.1) is 5.82 Å². The van der Waals surface area contributed by atoms with Crippen LogP contribution in [0.4, 0.5) is 4.39 Å². The lowest BCUT2D eigenvalue weighted by Gasteiger charge is -2.25. The van der Waals surface area contributed by atoms with E-state index in [0.29, 0.717) is 6.42 Å². The molecule has 3 rings (SSSR count). The number of hydrogen-bond acceptors (Lipinski definition) is 1. The summed E-state index contributed by atoms with van der Waals surface area (Å²) >= 11 is 5.98. The minimum absolute atomic E-state index is 0.0298. The van der Waals surface area contributed by atoms with Crippen molar-refractivity contribution >= 4 is 17.4 Å². The molecular formula is C18H16ClFO. The molecule has 0 saturated carbocycles. The number of carbonyl (C=O) groups excluding carboxylic acids is 1.